The summed E-state index contributed by atoms with van der Waals surface area (Å²) in [6.45, 7) is 18.3. The minimum Gasteiger partial charge on any atom is -0.413 e. The van der Waals surface area contributed by atoms with Crippen molar-refractivity contribution >= 4 is 31.5 Å². The van der Waals surface area contributed by atoms with Crippen LogP contribution in [0.5, 0.6) is 0 Å². The lowest BCUT2D eigenvalue weighted by molar-refractivity contribution is -0.122. The van der Waals surface area contributed by atoms with E-state index in [0.717, 1.165) is 59.8 Å². The maximum atomic E-state index is 14.3. The molecule has 1 aliphatic heterocycles. The van der Waals surface area contributed by atoms with E-state index in [1.54, 1.807) is 4.90 Å². The number of ether oxygens (including phenoxy) is 5. The van der Waals surface area contributed by atoms with Gasteiger partial charge < -0.3 is 33.4 Å². The van der Waals surface area contributed by atoms with E-state index in [9.17, 15) is 9.59 Å². The van der Waals surface area contributed by atoms with Crippen LogP contribution in [0.15, 0.2) is 48.5 Å². The van der Waals surface area contributed by atoms with Crippen LogP contribution < -0.4 is 10.2 Å². The molecule has 4 rings (SSSR count). The van der Waals surface area contributed by atoms with Gasteiger partial charge in [0.2, 0.25) is 20.1 Å². The SMILES string of the molecule is CCCCCCCCCCC(n1nnc2c1-c1ccccc1N(C(=O)CCNC(=O)CCOCCOCCOCCOCCOCCC)c1ccccc1-2)[Si](C)(C)OC(C)C. The van der Waals surface area contributed by atoms with Crippen LogP contribution >= 0.6 is 0 Å². The number of nitrogens with zero attached hydrogens (tertiary/aromatic N) is 4. The summed E-state index contributed by atoms with van der Waals surface area (Å²) in [5.41, 5.74) is 4.95. The van der Waals surface area contributed by atoms with E-state index in [2.05, 4.69) is 56.9 Å². The van der Waals surface area contributed by atoms with Crippen LogP contribution in [-0.4, -0.2) is 114 Å². The number of rotatable bonds is 33. The Balaban J connectivity index is 1.32. The average Bonchev–Trinajstić information content (AvgIpc) is 3.62. The molecule has 1 N–H and O–H groups in total. The summed E-state index contributed by atoms with van der Waals surface area (Å²) in [6, 6.07) is 15.9. The fourth-order valence-corrected chi connectivity index (χ4v) is 10.8. The third kappa shape index (κ3) is 16.6. The zero-order valence-corrected chi connectivity index (χ0v) is 39.1. The van der Waals surface area contributed by atoms with Gasteiger partial charge in [-0.15, -0.1) is 5.10 Å². The van der Waals surface area contributed by atoms with Crippen molar-refractivity contribution in [3.63, 3.8) is 0 Å². The Hall–Kier alpha value is -3.50. The summed E-state index contributed by atoms with van der Waals surface area (Å²) in [6.07, 6.45) is 12.3. The molecule has 2 amide bonds. The van der Waals surface area contributed by atoms with Gasteiger partial charge in [-0.25, -0.2) is 4.68 Å². The fourth-order valence-electron chi connectivity index (χ4n) is 7.80. The monoisotopic (exact) mass is 866 g/mol. The van der Waals surface area contributed by atoms with Gasteiger partial charge in [-0.3, -0.25) is 14.5 Å². The number of unbranched alkanes of at least 4 members (excludes halogenated alkanes) is 7. The Bertz CT molecular complexity index is 1700. The van der Waals surface area contributed by atoms with E-state index in [0.29, 0.717) is 52.9 Å². The second-order valence-electron chi connectivity index (χ2n) is 16.5. The van der Waals surface area contributed by atoms with Gasteiger partial charge >= 0.3 is 0 Å². The Kier molecular flexibility index (Phi) is 23.2. The maximum Gasteiger partial charge on any atom is 0.233 e. The molecule has 0 saturated heterocycles. The van der Waals surface area contributed by atoms with Gasteiger partial charge in [-0.1, -0.05) is 107 Å². The molecule has 340 valence electrons. The highest BCUT2D eigenvalue weighted by Gasteiger charge is 2.40. The number of hydrogen-bond acceptors (Lipinski definition) is 10. The molecule has 2 heterocycles. The number of aromatic nitrogens is 3. The lowest BCUT2D eigenvalue weighted by Gasteiger charge is -2.35. The van der Waals surface area contributed by atoms with Crippen LogP contribution in [0.3, 0.4) is 0 Å². The predicted octanol–water partition coefficient (Wildman–Crippen LogP) is 9.22. The van der Waals surface area contributed by atoms with Gasteiger partial charge in [-0.2, -0.15) is 0 Å². The van der Waals surface area contributed by atoms with Crippen molar-refractivity contribution in [3.05, 3.63) is 48.5 Å². The van der Waals surface area contributed by atoms with E-state index < -0.39 is 8.32 Å². The summed E-state index contributed by atoms with van der Waals surface area (Å²) in [5.74, 6) is -0.298. The van der Waals surface area contributed by atoms with Crippen LogP contribution in [0.2, 0.25) is 13.1 Å². The number of para-hydroxylation sites is 2. The van der Waals surface area contributed by atoms with Crippen molar-refractivity contribution in [1.29, 1.82) is 0 Å². The molecule has 14 heteroatoms. The summed E-state index contributed by atoms with van der Waals surface area (Å²) in [7, 11) is -2.36. The van der Waals surface area contributed by atoms with Crippen LogP contribution in [0.1, 0.15) is 110 Å². The fraction of sp³-hybridized carbons (Fsp3) is 0.660. The third-order valence-corrected chi connectivity index (χ3v) is 13.9. The smallest absolute Gasteiger partial charge is 0.233 e. The molecule has 2 aromatic carbocycles. The van der Waals surface area contributed by atoms with Gasteiger partial charge in [0.05, 0.1) is 82.2 Å². The van der Waals surface area contributed by atoms with E-state index in [1.807, 2.05) is 42.5 Å². The third-order valence-electron chi connectivity index (χ3n) is 10.7. The van der Waals surface area contributed by atoms with E-state index in [-0.39, 0.29) is 49.6 Å². The molecule has 61 heavy (non-hydrogen) atoms. The molecule has 1 aromatic heterocycles. The van der Waals surface area contributed by atoms with Crippen LogP contribution in [0.25, 0.3) is 22.5 Å². The van der Waals surface area contributed by atoms with E-state index >= 15 is 0 Å². The largest absolute Gasteiger partial charge is 0.413 e. The Morgan fingerprint density at radius 3 is 1.77 bits per heavy atom. The number of hydrogen-bond donors (Lipinski definition) is 1. The topological polar surface area (TPSA) is 136 Å². The number of benzene rings is 2. The molecule has 1 unspecified atom stereocenters. The van der Waals surface area contributed by atoms with Crippen molar-refractivity contribution < 1.29 is 37.7 Å². The molecule has 0 saturated carbocycles. The minimum absolute atomic E-state index is 0.0390. The summed E-state index contributed by atoms with van der Waals surface area (Å²) in [4.78, 5) is 28.8. The highest BCUT2D eigenvalue weighted by molar-refractivity contribution is 6.72. The lowest BCUT2D eigenvalue weighted by Crippen LogP contribution is -2.44. The Morgan fingerprint density at radius 2 is 1.18 bits per heavy atom. The zero-order chi connectivity index (χ0) is 43.7. The molecule has 0 aliphatic carbocycles. The first-order valence-corrected chi connectivity index (χ1v) is 26.0. The molecule has 0 spiro atoms. The van der Waals surface area contributed by atoms with Gasteiger partial charge in [-0.05, 0) is 51.9 Å². The summed E-state index contributed by atoms with van der Waals surface area (Å²) >= 11 is 0. The first-order chi connectivity index (χ1) is 29.7. The van der Waals surface area contributed by atoms with Gasteiger partial charge in [0.15, 0.2) is 0 Å². The van der Waals surface area contributed by atoms with Crippen LogP contribution in [0.4, 0.5) is 11.4 Å². The highest BCUT2D eigenvalue weighted by atomic mass is 28.4. The summed E-state index contributed by atoms with van der Waals surface area (Å²) < 4.78 is 36.4. The number of carbonyl (C=O) groups excluding carboxylic acids is 2. The van der Waals surface area contributed by atoms with Crippen molar-refractivity contribution in [2.45, 2.75) is 130 Å². The van der Waals surface area contributed by atoms with Crippen molar-refractivity contribution in [3.8, 4) is 22.5 Å². The molecule has 3 aromatic rings. The first kappa shape index (κ1) is 50.1. The van der Waals surface area contributed by atoms with Crippen LogP contribution in [-0.2, 0) is 37.7 Å². The van der Waals surface area contributed by atoms with E-state index in [4.69, 9.17) is 38.4 Å². The molecule has 1 aliphatic rings. The molecular formula is C47H75N5O8Si. The number of anilines is 2. The quantitative estimate of drug-likeness (QED) is 0.0466. The van der Waals surface area contributed by atoms with Crippen molar-refractivity contribution in [1.82, 2.24) is 20.3 Å². The van der Waals surface area contributed by atoms with Crippen molar-refractivity contribution in [2.24, 2.45) is 0 Å². The summed E-state index contributed by atoms with van der Waals surface area (Å²) in [5, 5.41) is 12.7. The lowest BCUT2D eigenvalue weighted by atomic mass is 10.0. The minimum atomic E-state index is -2.36. The molecule has 13 nitrogen and oxygen atoms in total. The van der Waals surface area contributed by atoms with Gasteiger partial charge in [0.1, 0.15) is 5.69 Å². The number of amides is 2. The van der Waals surface area contributed by atoms with Crippen molar-refractivity contribution in [2.75, 3.05) is 77.5 Å². The first-order valence-electron chi connectivity index (χ1n) is 23.0. The molecular weight excluding hydrogens is 791 g/mol. The normalized spacial score (nSPS) is 12.9. The number of carbonyl (C=O) groups is 2. The Morgan fingerprint density at radius 1 is 0.656 bits per heavy atom. The second-order valence-corrected chi connectivity index (χ2v) is 20.6. The Labute approximate surface area is 366 Å². The van der Waals surface area contributed by atoms with E-state index in [1.165, 1.54) is 44.9 Å². The average molecular weight is 866 g/mol. The highest BCUT2D eigenvalue weighted by Crippen LogP contribution is 2.48. The van der Waals surface area contributed by atoms with Gasteiger partial charge in [0.25, 0.3) is 0 Å². The predicted molar refractivity (Wildman–Crippen MR) is 245 cm³/mol. The zero-order valence-electron chi connectivity index (χ0n) is 38.1. The number of nitrogens with one attached hydrogen (secondary N) is 1. The molecule has 0 bridgehead atoms. The standard InChI is InChI=1S/C47H75N5O8Si/c1-7-9-10-11-12-13-14-15-24-45(61(5,6)60-38(3)4)52-47-40-21-17-19-23-42(40)51(41-22-18-16-20-39(41)46(47)49-50-52)44(54)25-27-48-43(53)26-29-56-31-33-58-35-37-59-36-34-57-32-30-55-28-8-2/h16-23,38,45H,7-15,24-37H2,1-6H3,(H,48,53). The number of fused-ring (bicyclic) bond motifs is 5. The molecule has 1 atom stereocenters. The second kappa shape index (κ2) is 28.2. The van der Waals surface area contributed by atoms with Gasteiger partial charge in [0, 0.05) is 43.2 Å². The maximum absolute atomic E-state index is 14.3. The molecule has 0 radical (unpaired) electrons. The molecule has 0 fully saturated rings. The van der Waals surface area contributed by atoms with Crippen LogP contribution in [0, 0.1) is 0 Å².